The Bertz CT molecular complexity index is 465. The molecule has 176 valence electrons. The molecule has 1 aliphatic heterocycles. The molecule has 0 fully saturated rings. The van der Waals surface area contributed by atoms with Crippen molar-refractivity contribution in [1.82, 2.24) is 0 Å². The number of cyclic esters (lactones) is 1. The summed E-state index contributed by atoms with van der Waals surface area (Å²) >= 11 is 0. The number of rotatable bonds is 4. The van der Waals surface area contributed by atoms with Gasteiger partial charge in [-0.3, -0.25) is 0 Å². The van der Waals surface area contributed by atoms with E-state index in [-0.39, 0.29) is 12.8 Å². The van der Waals surface area contributed by atoms with Crippen LogP contribution in [0.2, 0.25) is 0 Å². The van der Waals surface area contributed by atoms with Crippen molar-refractivity contribution in [2.75, 3.05) is 0 Å². The van der Waals surface area contributed by atoms with Crippen LogP contribution in [0.25, 0.3) is 0 Å². The third-order valence-electron chi connectivity index (χ3n) is 5.71. The van der Waals surface area contributed by atoms with Gasteiger partial charge in [0.15, 0.2) is 0 Å². The number of carbonyl (C=O) groups excluding carboxylic acids is 1. The minimum atomic E-state index is -0.891. The molecule has 0 saturated carbocycles. The molecule has 0 saturated heterocycles. The lowest BCUT2D eigenvalue weighted by Crippen LogP contribution is -2.25. The maximum atomic E-state index is 12.2. The monoisotopic (exact) mass is 428 g/mol. The molecule has 1 rings (SSSR count). The van der Waals surface area contributed by atoms with Crippen molar-refractivity contribution in [2.45, 2.75) is 134 Å². The summed E-state index contributed by atoms with van der Waals surface area (Å²) in [5.41, 5.74) is 0. The summed E-state index contributed by atoms with van der Waals surface area (Å²) in [6.45, 7) is 1.63. The molecule has 0 aromatic carbocycles. The van der Waals surface area contributed by atoms with Gasteiger partial charge in [0.25, 0.3) is 0 Å². The molecule has 0 bridgehead atoms. The third kappa shape index (κ3) is 14.9. The second-order valence-electron chi connectivity index (χ2n) is 8.96. The summed E-state index contributed by atoms with van der Waals surface area (Å²) in [5, 5.41) is 39.7. The zero-order valence-corrected chi connectivity index (χ0v) is 18.8. The van der Waals surface area contributed by atoms with Crippen LogP contribution in [0.15, 0.2) is 12.2 Å². The molecule has 0 aliphatic carbocycles. The van der Waals surface area contributed by atoms with Gasteiger partial charge in [0.2, 0.25) is 0 Å². The molecule has 0 radical (unpaired) electrons. The fourth-order valence-electron chi connectivity index (χ4n) is 4.05. The number of ether oxygens (including phenoxy) is 1. The molecule has 5 atom stereocenters. The van der Waals surface area contributed by atoms with Crippen LogP contribution in [0.5, 0.6) is 0 Å². The van der Waals surface area contributed by atoms with Gasteiger partial charge in [0, 0.05) is 18.9 Å². The van der Waals surface area contributed by atoms with Gasteiger partial charge in [-0.05, 0) is 38.7 Å². The Morgan fingerprint density at radius 2 is 1.47 bits per heavy atom. The Morgan fingerprint density at radius 3 is 2.03 bits per heavy atom. The first kappa shape index (κ1) is 27.1. The van der Waals surface area contributed by atoms with Gasteiger partial charge >= 0.3 is 5.97 Å². The van der Waals surface area contributed by atoms with Crippen LogP contribution in [-0.2, 0) is 9.53 Å². The van der Waals surface area contributed by atoms with E-state index in [1.165, 1.54) is 44.3 Å². The van der Waals surface area contributed by atoms with Crippen molar-refractivity contribution in [3.05, 3.63) is 12.2 Å². The van der Waals surface area contributed by atoms with Crippen LogP contribution in [0.3, 0.4) is 0 Å². The average Bonchev–Trinajstić information content (AvgIpc) is 2.65. The lowest BCUT2D eigenvalue weighted by Gasteiger charge is -2.21. The fraction of sp³-hybridized carbons (Fsp3) is 0.875. The quantitative estimate of drug-likeness (QED) is 0.508. The Morgan fingerprint density at radius 1 is 0.933 bits per heavy atom. The maximum absolute atomic E-state index is 12.2. The van der Waals surface area contributed by atoms with E-state index in [0.29, 0.717) is 19.3 Å². The molecule has 0 aromatic heterocycles. The molecule has 6 nitrogen and oxygen atoms in total. The van der Waals surface area contributed by atoms with Gasteiger partial charge < -0.3 is 25.2 Å². The SMILES string of the molecule is C[C@@H](O)C[C@@H](O)C[C@@H]1CCCCCCCCCCCC[C@H](O)C[C@H](O)/C=C\C(=O)O1. The van der Waals surface area contributed by atoms with E-state index < -0.39 is 36.5 Å². The fourth-order valence-corrected chi connectivity index (χ4v) is 4.05. The zero-order chi connectivity index (χ0) is 22.2. The number of esters is 1. The largest absolute Gasteiger partial charge is 0.459 e. The number of hydrogen-bond donors (Lipinski definition) is 4. The van der Waals surface area contributed by atoms with E-state index in [0.717, 1.165) is 32.1 Å². The van der Waals surface area contributed by atoms with Crippen molar-refractivity contribution < 1.29 is 30.0 Å². The summed E-state index contributed by atoms with van der Waals surface area (Å²) in [6, 6.07) is 0. The van der Waals surface area contributed by atoms with Gasteiger partial charge in [-0.2, -0.15) is 0 Å². The molecular formula is C24H44O6. The number of carbonyl (C=O) groups is 1. The predicted octanol–water partition coefficient (Wildman–Crippen LogP) is 3.78. The molecular weight excluding hydrogens is 384 g/mol. The van der Waals surface area contributed by atoms with E-state index >= 15 is 0 Å². The number of hydrogen-bond acceptors (Lipinski definition) is 6. The summed E-state index contributed by atoms with van der Waals surface area (Å²) in [7, 11) is 0. The van der Waals surface area contributed by atoms with Crippen LogP contribution in [-0.4, -0.2) is 56.9 Å². The highest BCUT2D eigenvalue weighted by Crippen LogP contribution is 2.18. The number of aliphatic hydroxyl groups is 4. The standard InChI is InChI=1S/C24H44O6/c1-19(25)16-22(28)18-23-13-11-9-7-5-3-2-4-6-8-10-12-20(26)17-21(27)14-15-24(29)30-23/h14-15,19-23,25-28H,2-13,16-18H2,1H3/b15-14-/t19-,20+,21-,22-,23+/m1/s1. The highest BCUT2D eigenvalue weighted by molar-refractivity contribution is 5.82. The maximum Gasteiger partial charge on any atom is 0.330 e. The summed E-state index contributed by atoms with van der Waals surface area (Å²) in [6.07, 6.45) is 12.8. The van der Waals surface area contributed by atoms with Crippen LogP contribution in [0.1, 0.15) is 103 Å². The first-order chi connectivity index (χ1) is 14.4. The minimum Gasteiger partial charge on any atom is -0.459 e. The lowest BCUT2D eigenvalue weighted by molar-refractivity contribution is -0.145. The highest BCUT2D eigenvalue weighted by Gasteiger charge is 2.19. The first-order valence-electron chi connectivity index (χ1n) is 12.0. The normalized spacial score (nSPS) is 30.0. The smallest absolute Gasteiger partial charge is 0.330 e. The third-order valence-corrected chi connectivity index (χ3v) is 5.71. The van der Waals surface area contributed by atoms with Crippen LogP contribution < -0.4 is 0 Å². The van der Waals surface area contributed by atoms with Crippen LogP contribution in [0, 0.1) is 0 Å². The molecule has 1 heterocycles. The Balaban J connectivity index is 2.63. The second-order valence-corrected chi connectivity index (χ2v) is 8.96. The van der Waals surface area contributed by atoms with Gasteiger partial charge in [-0.15, -0.1) is 0 Å². The van der Waals surface area contributed by atoms with Crippen molar-refractivity contribution in [3.63, 3.8) is 0 Å². The van der Waals surface area contributed by atoms with Crippen molar-refractivity contribution in [2.24, 2.45) is 0 Å². The van der Waals surface area contributed by atoms with Crippen molar-refractivity contribution >= 4 is 5.97 Å². The highest BCUT2D eigenvalue weighted by atomic mass is 16.5. The summed E-state index contributed by atoms with van der Waals surface area (Å²) in [5.74, 6) is -0.549. The van der Waals surface area contributed by atoms with Crippen molar-refractivity contribution in [3.8, 4) is 0 Å². The van der Waals surface area contributed by atoms with E-state index in [1.807, 2.05) is 0 Å². The summed E-state index contributed by atoms with van der Waals surface area (Å²) in [4.78, 5) is 12.2. The molecule has 1 aliphatic rings. The van der Waals surface area contributed by atoms with E-state index in [2.05, 4.69) is 0 Å². The minimum absolute atomic E-state index is 0.209. The van der Waals surface area contributed by atoms with Gasteiger partial charge in [0.05, 0.1) is 24.4 Å². The average molecular weight is 429 g/mol. The molecule has 0 aromatic rings. The summed E-state index contributed by atoms with van der Waals surface area (Å²) < 4.78 is 5.52. The van der Waals surface area contributed by atoms with Gasteiger partial charge in [-0.1, -0.05) is 57.8 Å². The lowest BCUT2D eigenvalue weighted by atomic mass is 10.00. The van der Waals surface area contributed by atoms with Gasteiger partial charge in [-0.25, -0.2) is 4.79 Å². The topological polar surface area (TPSA) is 107 Å². The molecule has 0 unspecified atom stereocenters. The molecule has 6 heteroatoms. The Kier molecular flexibility index (Phi) is 15.1. The van der Waals surface area contributed by atoms with Crippen LogP contribution in [0.4, 0.5) is 0 Å². The zero-order valence-electron chi connectivity index (χ0n) is 18.8. The molecule has 4 N–H and O–H groups in total. The molecule has 0 spiro atoms. The first-order valence-corrected chi connectivity index (χ1v) is 12.0. The van der Waals surface area contributed by atoms with Crippen molar-refractivity contribution in [1.29, 1.82) is 0 Å². The number of aliphatic hydroxyl groups excluding tert-OH is 4. The Hall–Kier alpha value is -0.950. The predicted molar refractivity (Wildman–Crippen MR) is 118 cm³/mol. The second kappa shape index (κ2) is 16.7. The van der Waals surface area contributed by atoms with Crippen LogP contribution >= 0.6 is 0 Å². The Labute approximate surface area is 182 Å². The molecule has 30 heavy (non-hydrogen) atoms. The van der Waals surface area contributed by atoms with E-state index in [9.17, 15) is 25.2 Å². The molecule has 0 amide bonds. The van der Waals surface area contributed by atoms with E-state index in [4.69, 9.17) is 4.74 Å². The van der Waals surface area contributed by atoms with Gasteiger partial charge in [0.1, 0.15) is 6.10 Å². The van der Waals surface area contributed by atoms with E-state index in [1.54, 1.807) is 6.92 Å².